The normalized spacial score (nSPS) is 10.0. The summed E-state index contributed by atoms with van der Waals surface area (Å²) in [6.45, 7) is 1.18. The summed E-state index contributed by atoms with van der Waals surface area (Å²) in [7, 11) is 0. The number of amides is 1. The van der Waals surface area contributed by atoms with Gasteiger partial charge < -0.3 is 10.4 Å². The maximum Gasteiger partial charge on any atom is 0.353 e. The van der Waals surface area contributed by atoms with E-state index in [1.807, 2.05) is 0 Å². The molecule has 2 aromatic rings. The minimum atomic E-state index is -1.36. The van der Waals surface area contributed by atoms with Crippen molar-refractivity contribution < 1.29 is 23.5 Å². The van der Waals surface area contributed by atoms with Crippen LogP contribution in [0.2, 0.25) is 0 Å². The Bertz CT molecular complexity index is 718. The van der Waals surface area contributed by atoms with Crippen molar-refractivity contribution >= 4 is 17.4 Å². The predicted molar refractivity (Wildman–Crippen MR) is 80.3 cm³/mol. The number of aliphatic carboxylic acids is 1. The third-order valence-electron chi connectivity index (χ3n) is 3.03. The van der Waals surface area contributed by atoms with Crippen LogP contribution in [0.1, 0.15) is 18.1 Å². The highest BCUT2D eigenvalue weighted by molar-refractivity contribution is 6.03. The Morgan fingerprint density at radius 1 is 0.870 bits per heavy atom. The van der Waals surface area contributed by atoms with Crippen molar-refractivity contribution in [3.63, 3.8) is 0 Å². The molecule has 0 aliphatic heterocycles. The molecule has 0 aromatic heterocycles. The van der Waals surface area contributed by atoms with E-state index in [-0.39, 0.29) is 11.3 Å². The maximum atomic E-state index is 13.1. The Kier molecular flexibility index (Phi) is 4.85. The van der Waals surface area contributed by atoms with Crippen LogP contribution in [0.5, 0.6) is 0 Å². The summed E-state index contributed by atoms with van der Waals surface area (Å²) in [5, 5.41) is 11.7. The minimum absolute atomic E-state index is 0.160. The molecule has 2 N–H and O–H groups in total. The summed E-state index contributed by atoms with van der Waals surface area (Å²) < 4.78 is 26.2. The number of hydrogen-bond acceptors (Lipinski definition) is 2. The Balaban J connectivity index is 2.71. The molecular formula is C17H13F2NO3. The molecule has 0 heterocycles. The van der Waals surface area contributed by atoms with Crippen LogP contribution in [0.4, 0.5) is 8.78 Å². The largest absolute Gasteiger partial charge is 0.477 e. The molecule has 0 fully saturated rings. The summed E-state index contributed by atoms with van der Waals surface area (Å²) >= 11 is 0. The van der Waals surface area contributed by atoms with Gasteiger partial charge in [-0.2, -0.15) is 0 Å². The number of carbonyl (C=O) groups excluding carboxylic acids is 1. The van der Waals surface area contributed by atoms with Gasteiger partial charge in [0.2, 0.25) is 5.91 Å². The number of benzene rings is 2. The molecule has 2 rings (SSSR count). The zero-order valence-corrected chi connectivity index (χ0v) is 12.1. The van der Waals surface area contributed by atoms with Crippen LogP contribution in [-0.4, -0.2) is 17.0 Å². The average molecular weight is 317 g/mol. The van der Waals surface area contributed by atoms with Crippen molar-refractivity contribution in [2.75, 3.05) is 0 Å². The quantitative estimate of drug-likeness (QED) is 0.852. The zero-order chi connectivity index (χ0) is 17.0. The van der Waals surface area contributed by atoms with E-state index in [1.165, 1.54) is 55.5 Å². The van der Waals surface area contributed by atoms with Crippen molar-refractivity contribution in [3.05, 3.63) is 77.0 Å². The van der Waals surface area contributed by atoms with Crippen LogP contribution < -0.4 is 5.32 Å². The van der Waals surface area contributed by atoms with Crippen LogP contribution in [0.15, 0.2) is 54.2 Å². The second-order valence-electron chi connectivity index (χ2n) is 4.75. The van der Waals surface area contributed by atoms with Crippen LogP contribution in [0, 0.1) is 11.6 Å². The van der Waals surface area contributed by atoms with E-state index in [1.54, 1.807) is 0 Å². The first-order valence-electron chi connectivity index (χ1n) is 6.65. The number of halogens is 2. The lowest BCUT2D eigenvalue weighted by Gasteiger charge is -2.14. The molecule has 0 unspecified atom stereocenters. The monoisotopic (exact) mass is 317 g/mol. The van der Waals surface area contributed by atoms with Gasteiger partial charge in [0.15, 0.2) is 0 Å². The number of carboxylic acid groups (broad SMARTS) is 1. The van der Waals surface area contributed by atoms with Gasteiger partial charge in [0.1, 0.15) is 17.3 Å². The summed E-state index contributed by atoms with van der Waals surface area (Å²) in [5.74, 6) is -2.89. The highest BCUT2D eigenvalue weighted by Crippen LogP contribution is 2.27. The van der Waals surface area contributed by atoms with E-state index in [4.69, 9.17) is 0 Å². The fraction of sp³-hybridized carbons (Fsp3) is 0.0588. The summed E-state index contributed by atoms with van der Waals surface area (Å²) in [6, 6.07) is 10.2. The summed E-state index contributed by atoms with van der Waals surface area (Å²) in [5.41, 5.74) is 0.553. The van der Waals surface area contributed by atoms with Crippen LogP contribution >= 0.6 is 0 Å². The molecule has 0 radical (unpaired) electrons. The third-order valence-corrected chi connectivity index (χ3v) is 3.03. The molecule has 118 valence electrons. The highest BCUT2D eigenvalue weighted by Gasteiger charge is 2.19. The smallest absolute Gasteiger partial charge is 0.353 e. The van der Waals surface area contributed by atoms with Gasteiger partial charge in [-0.3, -0.25) is 4.79 Å². The molecule has 0 atom stereocenters. The molecule has 0 aliphatic carbocycles. The van der Waals surface area contributed by atoms with E-state index >= 15 is 0 Å². The van der Waals surface area contributed by atoms with Crippen molar-refractivity contribution in [2.45, 2.75) is 6.92 Å². The molecule has 2 aromatic carbocycles. The first-order chi connectivity index (χ1) is 10.9. The Hall–Kier alpha value is -3.02. The number of nitrogens with one attached hydrogen (secondary N) is 1. The third kappa shape index (κ3) is 4.00. The van der Waals surface area contributed by atoms with Crippen molar-refractivity contribution in [1.82, 2.24) is 5.32 Å². The number of rotatable bonds is 4. The lowest BCUT2D eigenvalue weighted by atomic mass is 9.95. The summed E-state index contributed by atoms with van der Waals surface area (Å²) in [6.07, 6.45) is 0. The van der Waals surface area contributed by atoms with Gasteiger partial charge in [0.05, 0.1) is 0 Å². The van der Waals surface area contributed by atoms with Gasteiger partial charge in [-0.15, -0.1) is 0 Å². The van der Waals surface area contributed by atoms with Crippen molar-refractivity contribution in [2.24, 2.45) is 0 Å². The molecule has 4 nitrogen and oxygen atoms in total. The predicted octanol–water partition coefficient (Wildman–Crippen LogP) is 2.94. The van der Waals surface area contributed by atoms with E-state index in [0.29, 0.717) is 11.1 Å². The second kappa shape index (κ2) is 6.83. The van der Waals surface area contributed by atoms with Crippen LogP contribution in [-0.2, 0) is 9.59 Å². The first-order valence-corrected chi connectivity index (χ1v) is 6.65. The SMILES string of the molecule is CC(=O)NC(C(=O)O)=C(c1ccc(F)cc1)c1ccc(F)cc1. The molecule has 0 aliphatic rings. The standard InChI is InChI=1S/C17H13F2NO3/c1-10(21)20-16(17(22)23)15(11-2-6-13(18)7-3-11)12-4-8-14(19)9-5-12/h2-9H,1H3,(H,20,21)(H,22,23). The van der Waals surface area contributed by atoms with Crippen molar-refractivity contribution in [3.8, 4) is 0 Å². The van der Waals surface area contributed by atoms with Gasteiger partial charge in [-0.1, -0.05) is 24.3 Å². The number of hydrogen-bond donors (Lipinski definition) is 2. The molecule has 0 saturated carbocycles. The average Bonchev–Trinajstić information content (AvgIpc) is 2.49. The first kappa shape index (κ1) is 16.4. The highest BCUT2D eigenvalue weighted by atomic mass is 19.1. The maximum absolute atomic E-state index is 13.1. The molecule has 6 heteroatoms. The zero-order valence-electron chi connectivity index (χ0n) is 12.1. The molecule has 0 bridgehead atoms. The van der Waals surface area contributed by atoms with E-state index in [9.17, 15) is 23.5 Å². The summed E-state index contributed by atoms with van der Waals surface area (Å²) in [4.78, 5) is 22.8. The van der Waals surface area contributed by atoms with E-state index < -0.39 is 23.5 Å². The van der Waals surface area contributed by atoms with Gasteiger partial charge in [0, 0.05) is 12.5 Å². The second-order valence-corrected chi connectivity index (χ2v) is 4.75. The Morgan fingerprint density at radius 3 is 1.57 bits per heavy atom. The Labute approximate surface area is 131 Å². The van der Waals surface area contributed by atoms with Gasteiger partial charge in [-0.25, -0.2) is 13.6 Å². The topological polar surface area (TPSA) is 66.4 Å². The van der Waals surface area contributed by atoms with Gasteiger partial charge in [-0.05, 0) is 35.4 Å². The van der Waals surface area contributed by atoms with Crippen LogP contribution in [0.3, 0.4) is 0 Å². The van der Waals surface area contributed by atoms with Gasteiger partial charge in [0.25, 0.3) is 0 Å². The lowest BCUT2D eigenvalue weighted by molar-refractivity contribution is -0.134. The van der Waals surface area contributed by atoms with E-state index in [0.717, 1.165) is 0 Å². The minimum Gasteiger partial charge on any atom is -0.477 e. The molecule has 0 saturated heterocycles. The number of carbonyl (C=O) groups is 2. The number of carboxylic acids is 1. The molecule has 1 amide bonds. The van der Waals surface area contributed by atoms with Gasteiger partial charge >= 0.3 is 5.97 Å². The molecular weight excluding hydrogens is 304 g/mol. The fourth-order valence-corrected chi connectivity index (χ4v) is 2.09. The molecule has 0 spiro atoms. The molecule has 23 heavy (non-hydrogen) atoms. The van der Waals surface area contributed by atoms with Crippen LogP contribution in [0.25, 0.3) is 5.57 Å². The van der Waals surface area contributed by atoms with E-state index in [2.05, 4.69) is 5.32 Å². The Morgan fingerprint density at radius 2 is 1.26 bits per heavy atom. The fourth-order valence-electron chi connectivity index (χ4n) is 2.09. The van der Waals surface area contributed by atoms with Crippen molar-refractivity contribution in [1.29, 1.82) is 0 Å². The lowest BCUT2D eigenvalue weighted by Crippen LogP contribution is -2.26.